The van der Waals surface area contributed by atoms with E-state index in [2.05, 4.69) is 46.1 Å². The number of imidazole rings is 1. The van der Waals surface area contributed by atoms with Crippen LogP contribution in [-0.2, 0) is 11.3 Å². The second-order valence-corrected chi connectivity index (χ2v) is 8.15. The van der Waals surface area contributed by atoms with Gasteiger partial charge in [0, 0.05) is 29.7 Å². The minimum Gasteiger partial charge on any atom is -0.355 e. The fourth-order valence-electron chi connectivity index (χ4n) is 3.27. The van der Waals surface area contributed by atoms with Crippen LogP contribution in [0.15, 0.2) is 77.8 Å². The summed E-state index contributed by atoms with van der Waals surface area (Å²) in [5.41, 5.74) is 4.05. The van der Waals surface area contributed by atoms with Crippen LogP contribution < -0.4 is 5.32 Å². The molecule has 0 aliphatic rings. The molecule has 2 aromatic carbocycles. The standard InChI is InChI=1S/C24H24N4OS/c1-18-10-12-19(13-11-18)23-27-21-9-5-14-26-24(21)28(23)16-6-15-25-22(29)17-30-20-7-3-2-4-8-20/h2-5,7-14H,6,15-17H2,1H3,(H,25,29). The van der Waals surface area contributed by atoms with Gasteiger partial charge in [0.25, 0.3) is 0 Å². The number of thioether (sulfide) groups is 1. The lowest BCUT2D eigenvalue weighted by atomic mass is 10.1. The third-order valence-corrected chi connectivity index (χ3v) is 5.82. The van der Waals surface area contributed by atoms with Crippen LogP contribution in [0.1, 0.15) is 12.0 Å². The van der Waals surface area contributed by atoms with Gasteiger partial charge in [0.05, 0.1) is 5.75 Å². The summed E-state index contributed by atoms with van der Waals surface area (Å²) >= 11 is 1.55. The Morgan fingerprint density at radius 1 is 1.03 bits per heavy atom. The SMILES string of the molecule is Cc1ccc(-c2nc3cccnc3n2CCCNC(=O)CSc2ccccc2)cc1. The van der Waals surface area contributed by atoms with E-state index in [1.807, 2.05) is 42.5 Å². The highest BCUT2D eigenvalue weighted by atomic mass is 32.2. The Kier molecular flexibility index (Phi) is 6.44. The van der Waals surface area contributed by atoms with Gasteiger partial charge in [-0.2, -0.15) is 0 Å². The molecule has 4 rings (SSSR count). The zero-order chi connectivity index (χ0) is 20.8. The highest BCUT2D eigenvalue weighted by Crippen LogP contribution is 2.24. The van der Waals surface area contributed by atoms with Gasteiger partial charge in [-0.25, -0.2) is 9.97 Å². The summed E-state index contributed by atoms with van der Waals surface area (Å²) < 4.78 is 2.14. The molecule has 5 nitrogen and oxygen atoms in total. The first kappa shape index (κ1) is 20.2. The lowest BCUT2D eigenvalue weighted by Gasteiger charge is -2.10. The minimum absolute atomic E-state index is 0.0521. The number of carbonyl (C=O) groups excluding carboxylic acids is 1. The minimum atomic E-state index is 0.0521. The molecule has 0 radical (unpaired) electrons. The molecule has 0 fully saturated rings. The smallest absolute Gasteiger partial charge is 0.230 e. The zero-order valence-corrected chi connectivity index (χ0v) is 17.7. The number of nitrogens with one attached hydrogen (secondary N) is 1. The number of pyridine rings is 1. The second-order valence-electron chi connectivity index (χ2n) is 7.10. The fourth-order valence-corrected chi connectivity index (χ4v) is 4.02. The maximum atomic E-state index is 12.1. The van der Waals surface area contributed by atoms with Crippen molar-refractivity contribution in [3.05, 3.63) is 78.5 Å². The first-order valence-corrected chi connectivity index (χ1v) is 11.0. The molecule has 2 aromatic heterocycles. The number of benzene rings is 2. The van der Waals surface area contributed by atoms with Crippen molar-refractivity contribution in [2.75, 3.05) is 12.3 Å². The van der Waals surface area contributed by atoms with Crippen molar-refractivity contribution in [1.29, 1.82) is 0 Å². The summed E-state index contributed by atoms with van der Waals surface area (Å²) in [4.78, 5) is 22.6. The van der Waals surface area contributed by atoms with Crippen molar-refractivity contribution in [1.82, 2.24) is 19.9 Å². The molecule has 0 unspecified atom stereocenters. The second kappa shape index (κ2) is 9.59. The van der Waals surface area contributed by atoms with Crippen molar-refractivity contribution in [3.8, 4) is 11.4 Å². The maximum absolute atomic E-state index is 12.1. The molecule has 4 aromatic rings. The Bertz CT molecular complexity index is 1120. The van der Waals surface area contributed by atoms with Crippen molar-refractivity contribution < 1.29 is 4.79 Å². The average Bonchev–Trinajstić information content (AvgIpc) is 3.15. The van der Waals surface area contributed by atoms with Crippen LogP contribution in [0.5, 0.6) is 0 Å². The number of rotatable bonds is 8. The van der Waals surface area contributed by atoms with Crippen molar-refractivity contribution >= 4 is 28.8 Å². The molecule has 6 heteroatoms. The monoisotopic (exact) mass is 416 g/mol. The molecule has 30 heavy (non-hydrogen) atoms. The Morgan fingerprint density at radius 2 is 1.83 bits per heavy atom. The summed E-state index contributed by atoms with van der Waals surface area (Å²) in [6.45, 7) is 3.43. The highest BCUT2D eigenvalue weighted by Gasteiger charge is 2.13. The molecule has 1 N–H and O–H groups in total. The molecule has 0 aliphatic heterocycles. The maximum Gasteiger partial charge on any atom is 0.230 e. The Balaban J connectivity index is 1.38. The molecule has 0 bridgehead atoms. The molecular formula is C24H24N4OS. The van der Waals surface area contributed by atoms with Gasteiger partial charge in [0.2, 0.25) is 5.91 Å². The molecule has 0 atom stereocenters. The lowest BCUT2D eigenvalue weighted by molar-refractivity contribution is -0.118. The number of aryl methyl sites for hydroxylation is 2. The Labute approximate surface area is 180 Å². The van der Waals surface area contributed by atoms with Crippen LogP contribution in [0, 0.1) is 6.92 Å². The first-order valence-electron chi connectivity index (χ1n) is 10.0. The van der Waals surface area contributed by atoms with Crippen molar-refractivity contribution in [2.24, 2.45) is 0 Å². The number of carbonyl (C=O) groups is 1. The van der Waals surface area contributed by atoms with E-state index < -0.39 is 0 Å². The Hall–Kier alpha value is -3.12. The van der Waals surface area contributed by atoms with Gasteiger partial charge in [-0.1, -0.05) is 48.0 Å². The molecule has 152 valence electrons. The van der Waals surface area contributed by atoms with Crippen LogP contribution >= 0.6 is 11.8 Å². The number of hydrogen-bond acceptors (Lipinski definition) is 4. The molecule has 2 heterocycles. The van der Waals surface area contributed by atoms with Gasteiger partial charge in [-0.15, -0.1) is 11.8 Å². The number of amides is 1. The van der Waals surface area contributed by atoms with Crippen LogP contribution in [-0.4, -0.2) is 32.7 Å². The lowest BCUT2D eigenvalue weighted by Crippen LogP contribution is -2.26. The fraction of sp³-hybridized carbons (Fsp3) is 0.208. The van der Waals surface area contributed by atoms with Crippen molar-refractivity contribution in [3.63, 3.8) is 0 Å². The van der Waals surface area contributed by atoms with E-state index in [4.69, 9.17) is 4.98 Å². The summed E-state index contributed by atoms with van der Waals surface area (Å²) in [6, 6.07) is 22.2. The zero-order valence-electron chi connectivity index (χ0n) is 16.9. The number of aromatic nitrogens is 3. The van der Waals surface area contributed by atoms with E-state index in [-0.39, 0.29) is 5.91 Å². The quantitative estimate of drug-likeness (QED) is 0.334. The molecule has 0 saturated heterocycles. The third-order valence-electron chi connectivity index (χ3n) is 4.81. The molecular weight excluding hydrogens is 392 g/mol. The van der Waals surface area contributed by atoms with Crippen LogP contribution in [0.4, 0.5) is 0 Å². The summed E-state index contributed by atoms with van der Waals surface area (Å²) in [5.74, 6) is 1.39. The molecule has 0 saturated carbocycles. The van der Waals surface area contributed by atoms with E-state index in [1.165, 1.54) is 5.56 Å². The van der Waals surface area contributed by atoms with E-state index >= 15 is 0 Å². The third kappa shape index (κ3) is 4.89. The predicted octanol–water partition coefficient (Wildman–Crippen LogP) is 4.71. The van der Waals surface area contributed by atoms with Crippen LogP contribution in [0.2, 0.25) is 0 Å². The molecule has 0 aliphatic carbocycles. The Morgan fingerprint density at radius 3 is 2.63 bits per heavy atom. The molecule has 1 amide bonds. The van der Waals surface area contributed by atoms with Gasteiger partial charge in [0.15, 0.2) is 5.65 Å². The molecule has 0 spiro atoms. The van der Waals surface area contributed by atoms with E-state index in [0.717, 1.165) is 40.4 Å². The van der Waals surface area contributed by atoms with Gasteiger partial charge < -0.3 is 9.88 Å². The summed E-state index contributed by atoms with van der Waals surface area (Å²) in [5, 5.41) is 3.02. The largest absolute Gasteiger partial charge is 0.355 e. The van der Waals surface area contributed by atoms with Gasteiger partial charge >= 0.3 is 0 Å². The van der Waals surface area contributed by atoms with Gasteiger partial charge in [-0.3, -0.25) is 4.79 Å². The topological polar surface area (TPSA) is 59.8 Å². The predicted molar refractivity (Wildman–Crippen MR) is 122 cm³/mol. The summed E-state index contributed by atoms with van der Waals surface area (Å²) in [6.07, 6.45) is 2.60. The average molecular weight is 417 g/mol. The number of nitrogens with zero attached hydrogens (tertiary/aromatic N) is 3. The van der Waals surface area contributed by atoms with E-state index in [1.54, 1.807) is 18.0 Å². The van der Waals surface area contributed by atoms with E-state index in [0.29, 0.717) is 12.3 Å². The normalized spacial score (nSPS) is 11.0. The number of fused-ring (bicyclic) bond motifs is 1. The van der Waals surface area contributed by atoms with Gasteiger partial charge in [-0.05, 0) is 37.6 Å². The van der Waals surface area contributed by atoms with Crippen LogP contribution in [0.3, 0.4) is 0 Å². The number of hydrogen-bond donors (Lipinski definition) is 1. The van der Waals surface area contributed by atoms with Crippen LogP contribution in [0.25, 0.3) is 22.6 Å². The van der Waals surface area contributed by atoms with Gasteiger partial charge in [0.1, 0.15) is 11.3 Å². The van der Waals surface area contributed by atoms with E-state index in [9.17, 15) is 4.79 Å². The summed E-state index contributed by atoms with van der Waals surface area (Å²) in [7, 11) is 0. The first-order chi connectivity index (χ1) is 14.7. The van der Waals surface area contributed by atoms with Crippen molar-refractivity contribution in [2.45, 2.75) is 24.8 Å². The highest BCUT2D eigenvalue weighted by molar-refractivity contribution is 8.00.